The second-order valence-electron chi connectivity index (χ2n) is 5.79. The molecule has 0 fully saturated rings. The monoisotopic (exact) mass is 285 g/mol. The van der Waals surface area contributed by atoms with Crippen LogP contribution in [0.15, 0.2) is 42.5 Å². The zero-order valence-corrected chi connectivity index (χ0v) is 13.2. The number of hydrogen-bond donors (Lipinski definition) is 0. The fourth-order valence-corrected chi connectivity index (χ4v) is 2.65. The Hall–Kier alpha value is -2.03. The number of fused-ring (bicyclic) bond motifs is 1. The molecule has 0 spiro atoms. The van der Waals surface area contributed by atoms with Crippen LogP contribution >= 0.6 is 0 Å². The van der Waals surface area contributed by atoms with Crippen molar-refractivity contribution in [1.82, 2.24) is 4.90 Å². The molecule has 2 aromatic carbocycles. The summed E-state index contributed by atoms with van der Waals surface area (Å²) in [6, 6.07) is 14.5. The summed E-state index contributed by atoms with van der Waals surface area (Å²) in [6.07, 6.45) is -0.257. The molecular formula is C18H23NO2. The van der Waals surface area contributed by atoms with Crippen LogP contribution in [0.1, 0.15) is 33.3 Å². The van der Waals surface area contributed by atoms with Gasteiger partial charge in [0.2, 0.25) is 0 Å². The lowest BCUT2D eigenvalue weighted by atomic mass is 10.1. The van der Waals surface area contributed by atoms with Crippen molar-refractivity contribution in [2.45, 2.75) is 46.4 Å². The lowest BCUT2D eigenvalue weighted by Gasteiger charge is -2.29. The van der Waals surface area contributed by atoms with Crippen LogP contribution in [0.2, 0.25) is 0 Å². The minimum absolute atomic E-state index is 0.130. The second kappa shape index (κ2) is 6.61. The van der Waals surface area contributed by atoms with Gasteiger partial charge in [-0.1, -0.05) is 42.5 Å². The van der Waals surface area contributed by atoms with Crippen LogP contribution in [0.4, 0.5) is 4.79 Å². The molecule has 3 nitrogen and oxygen atoms in total. The summed E-state index contributed by atoms with van der Waals surface area (Å²) in [5, 5.41) is 2.30. The highest BCUT2D eigenvalue weighted by Crippen LogP contribution is 2.19. The Morgan fingerprint density at radius 2 is 1.62 bits per heavy atom. The maximum absolute atomic E-state index is 12.2. The van der Waals surface area contributed by atoms with Gasteiger partial charge >= 0.3 is 6.09 Å². The van der Waals surface area contributed by atoms with E-state index in [9.17, 15) is 4.79 Å². The average molecular weight is 285 g/mol. The maximum Gasteiger partial charge on any atom is 0.410 e. The molecule has 0 aromatic heterocycles. The third-order valence-electron chi connectivity index (χ3n) is 3.55. The van der Waals surface area contributed by atoms with Crippen LogP contribution in [0.25, 0.3) is 10.8 Å². The van der Waals surface area contributed by atoms with Gasteiger partial charge in [-0.25, -0.2) is 4.79 Å². The fraction of sp³-hybridized carbons (Fsp3) is 0.389. The number of carbonyl (C=O) groups excluding carboxylic acids is 1. The molecule has 0 aliphatic rings. The molecule has 0 heterocycles. The highest BCUT2D eigenvalue weighted by Gasteiger charge is 2.21. The van der Waals surface area contributed by atoms with Crippen molar-refractivity contribution in [3.63, 3.8) is 0 Å². The van der Waals surface area contributed by atoms with Crippen LogP contribution in [-0.4, -0.2) is 23.1 Å². The van der Waals surface area contributed by atoms with E-state index in [0.717, 1.165) is 16.3 Å². The Morgan fingerprint density at radius 3 is 2.29 bits per heavy atom. The zero-order chi connectivity index (χ0) is 15.4. The number of carbonyl (C=O) groups is 1. The van der Waals surface area contributed by atoms with Crippen molar-refractivity contribution in [3.8, 4) is 0 Å². The first kappa shape index (κ1) is 15.4. The summed E-state index contributed by atoms with van der Waals surface area (Å²) in [5.41, 5.74) is 1.04. The van der Waals surface area contributed by atoms with Crippen LogP contribution in [-0.2, 0) is 11.3 Å². The number of ether oxygens (including phenoxy) is 1. The van der Waals surface area contributed by atoms with E-state index in [1.807, 2.05) is 52.0 Å². The predicted octanol–water partition coefficient (Wildman–Crippen LogP) is 4.60. The molecular weight excluding hydrogens is 262 g/mol. The molecule has 21 heavy (non-hydrogen) atoms. The van der Waals surface area contributed by atoms with Gasteiger partial charge in [-0.2, -0.15) is 0 Å². The van der Waals surface area contributed by atoms with E-state index in [1.54, 1.807) is 4.90 Å². The number of benzene rings is 2. The van der Waals surface area contributed by atoms with E-state index < -0.39 is 0 Å². The lowest BCUT2D eigenvalue weighted by Crippen LogP contribution is -2.42. The molecule has 0 bridgehead atoms. The smallest absolute Gasteiger partial charge is 0.410 e. The van der Waals surface area contributed by atoms with E-state index in [-0.39, 0.29) is 18.2 Å². The first-order valence-corrected chi connectivity index (χ1v) is 7.42. The molecule has 112 valence electrons. The van der Waals surface area contributed by atoms with Crippen LogP contribution in [0.3, 0.4) is 0 Å². The maximum atomic E-state index is 12.2. The first-order chi connectivity index (χ1) is 10.0. The minimum atomic E-state index is -0.257. The minimum Gasteiger partial charge on any atom is -0.445 e. The van der Waals surface area contributed by atoms with Gasteiger partial charge in [-0.3, -0.25) is 0 Å². The van der Waals surface area contributed by atoms with Gasteiger partial charge in [-0.15, -0.1) is 0 Å². The van der Waals surface area contributed by atoms with E-state index in [1.165, 1.54) is 0 Å². The lowest BCUT2D eigenvalue weighted by molar-refractivity contribution is 0.0741. The van der Waals surface area contributed by atoms with Gasteiger partial charge in [0.05, 0.1) is 0 Å². The Kier molecular flexibility index (Phi) is 4.84. The molecule has 0 N–H and O–H groups in total. The number of hydrogen-bond acceptors (Lipinski definition) is 2. The second-order valence-corrected chi connectivity index (χ2v) is 5.79. The van der Waals surface area contributed by atoms with Crippen molar-refractivity contribution >= 4 is 16.9 Å². The Labute approximate surface area is 126 Å². The standard InChI is InChI=1S/C18H23NO2/c1-13(2)19(14(3)4)18(20)21-12-16-10-7-9-15-8-5-6-11-17(15)16/h5-11,13-14H,12H2,1-4H3. The molecule has 0 atom stereocenters. The first-order valence-electron chi connectivity index (χ1n) is 7.42. The summed E-state index contributed by atoms with van der Waals surface area (Å²) < 4.78 is 5.51. The van der Waals surface area contributed by atoms with Crippen molar-refractivity contribution in [2.75, 3.05) is 0 Å². The van der Waals surface area contributed by atoms with Crippen LogP contribution < -0.4 is 0 Å². The molecule has 2 rings (SSSR count). The molecule has 2 aromatic rings. The van der Waals surface area contributed by atoms with Crippen LogP contribution in [0.5, 0.6) is 0 Å². The molecule has 0 radical (unpaired) electrons. The summed E-state index contributed by atoms with van der Waals surface area (Å²) in [5.74, 6) is 0. The Morgan fingerprint density at radius 1 is 1.00 bits per heavy atom. The van der Waals surface area contributed by atoms with E-state index in [2.05, 4.69) is 18.2 Å². The number of amides is 1. The topological polar surface area (TPSA) is 29.5 Å². The van der Waals surface area contributed by atoms with Crippen molar-refractivity contribution in [1.29, 1.82) is 0 Å². The quantitative estimate of drug-likeness (QED) is 0.822. The van der Waals surface area contributed by atoms with Gasteiger partial charge in [0.25, 0.3) is 0 Å². The van der Waals surface area contributed by atoms with E-state index in [4.69, 9.17) is 4.74 Å². The normalized spacial score (nSPS) is 11.1. The van der Waals surface area contributed by atoms with Gasteiger partial charge in [0.15, 0.2) is 0 Å². The summed E-state index contributed by atoms with van der Waals surface area (Å²) in [4.78, 5) is 14.0. The van der Waals surface area contributed by atoms with E-state index >= 15 is 0 Å². The number of rotatable bonds is 4. The SMILES string of the molecule is CC(C)N(C(=O)OCc1cccc2ccccc12)C(C)C. The fourth-order valence-electron chi connectivity index (χ4n) is 2.65. The highest BCUT2D eigenvalue weighted by atomic mass is 16.6. The van der Waals surface area contributed by atoms with Gasteiger partial charge in [0.1, 0.15) is 6.61 Å². The average Bonchev–Trinajstić information content (AvgIpc) is 2.44. The molecule has 0 saturated heterocycles. The van der Waals surface area contributed by atoms with E-state index in [0.29, 0.717) is 6.61 Å². The zero-order valence-electron chi connectivity index (χ0n) is 13.2. The molecule has 3 heteroatoms. The summed E-state index contributed by atoms with van der Waals surface area (Å²) in [7, 11) is 0. The number of nitrogens with zero attached hydrogens (tertiary/aromatic N) is 1. The third-order valence-corrected chi connectivity index (χ3v) is 3.55. The van der Waals surface area contributed by atoms with Crippen LogP contribution in [0, 0.1) is 0 Å². The highest BCUT2D eigenvalue weighted by molar-refractivity contribution is 5.85. The Balaban J connectivity index is 2.13. The summed E-state index contributed by atoms with van der Waals surface area (Å²) >= 11 is 0. The van der Waals surface area contributed by atoms with Crippen molar-refractivity contribution < 1.29 is 9.53 Å². The molecule has 0 aliphatic carbocycles. The largest absolute Gasteiger partial charge is 0.445 e. The molecule has 0 unspecified atom stereocenters. The van der Waals surface area contributed by atoms with Gasteiger partial charge in [-0.05, 0) is 44.0 Å². The molecule has 1 amide bonds. The predicted molar refractivity (Wildman–Crippen MR) is 86.2 cm³/mol. The van der Waals surface area contributed by atoms with Gasteiger partial charge < -0.3 is 9.64 Å². The molecule has 0 aliphatic heterocycles. The molecule has 0 saturated carbocycles. The van der Waals surface area contributed by atoms with Gasteiger partial charge in [0, 0.05) is 12.1 Å². The third kappa shape index (κ3) is 3.54. The van der Waals surface area contributed by atoms with Crippen molar-refractivity contribution in [2.24, 2.45) is 0 Å². The summed E-state index contributed by atoms with van der Waals surface area (Å²) in [6.45, 7) is 8.30. The Bertz CT molecular complexity index is 606. The van der Waals surface area contributed by atoms with Crippen molar-refractivity contribution in [3.05, 3.63) is 48.0 Å².